The Morgan fingerprint density at radius 2 is 1.19 bits per heavy atom. The van der Waals surface area contributed by atoms with Crippen LogP contribution >= 0.6 is 11.3 Å². The first-order valence-corrected chi connectivity index (χ1v) is 16.9. The lowest BCUT2D eigenvalue weighted by Gasteiger charge is -2.09. The van der Waals surface area contributed by atoms with Crippen molar-refractivity contribution in [1.82, 2.24) is 9.97 Å². The van der Waals surface area contributed by atoms with Crippen LogP contribution in [0.3, 0.4) is 0 Å². The second-order valence-corrected chi connectivity index (χ2v) is 13.2. The van der Waals surface area contributed by atoms with Gasteiger partial charge in [0, 0.05) is 32.0 Å². The largest absolute Gasteiger partial charge is 0.456 e. The molecule has 224 valence electrons. The van der Waals surface area contributed by atoms with Crippen LogP contribution in [-0.2, 0) is 0 Å². The van der Waals surface area contributed by atoms with Crippen LogP contribution in [0.5, 0.6) is 0 Å². The maximum atomic E-state index is 6.54. The molecule has 0 aliphatic heterocycles. The number of hydrogen-bond acceptors (Lipinski definition) is 4. The van der Waals surface area contributed by atoms with Crippen molar-refractivity contribution in [3.05, 3.63) is 158 Å². The summed E-state index contributed by atoms with van der Waals surface area (Å²) < 4.78 is 8.85. The van der Waals surface area contributed by atoms with Gasteiger partial charge in [0.25, 0.3) is 0 Å². The Morgan fingerprint density at radius 3 is 2.10 bits per heavy atom. The molecule has 3 nitrogen and oxygen atoms in total. The van der Waals surface area contributed by atoms with Crippen molar-refractivity contribution in [1.29, 1.82) is 0 Å². The SMILES string of the molecule is c1ccc(-c2cccc(-c3ccc4c(c3)oc3cccc(-c5nc(-c6ccc7ccccc7c6)c6sc7ccccc7c6n5)c34)c2)cc1. The minimum atomic E-state index is 0.696. The summed E-state index contributed by atoms with van der Waals surface area (Å²) in [5.74, 6) is 0.696. The number of hydrogen-bond donors (Lipinski definition) is 0. The Bertz CT molecular complexity index is 2850. The van der Waals surface area contributed by atoms with Crippen molar-refractivity contribution in [2.24, 2.45) is 0 Å². The number of furan rings is 1. The van der Waals surface area contributed by atoms with Crippen molar-refractivity contribution < 1.29 is 4.42 Å². The van der Waals surface area contributed by atoms with E-state index < -0.39 is 0 Å². The zero-order valence-corrected chi connectivity index (χ0v) is 26.5. The first kappa shape index (κ1) is 27.1. The van der Waals surface area contributed by atoms with Gasteiger partial charge in [0.2, 0.25) is 0 Å². The summed E-state index contributed by atoms with van der Waals surface area (Å²) in [4.78, 5) is 10.6. The minimum absolute atomic E-state index is 0.696. The lowest BCUT2D eigenvalue weighted by atomic mass is 9.98. The fraction of sp³-hybridized carbons (Fsp3) is 0. The van der Waals surface area contributed by atoms with Crippen LogP contribution < -0.4 is 0 Å². The first-order valence-electron chi connectivity index (χ1n) is 16.1. The van der Waals surface area contributed by atoms with Crippen LogP contribution in [0.1, 0.15) is 0 Å². The third-order valence-corrected chi connectivity index (χ3v) is 10.5. The van der Waals surface area contributed by atoms with Crippen molar-refractivity contribution >= 4 is 64.4 Å². The maximum absolute atomic E-state index is 6.54. The molecule has 0 amide bonds. The topological polar surface area (TPSA) is 38.9 Å². The maximum Gasteiger partial charge on any atom is 0.161 e. The first-order chi connectivity index (χ1) is 23.8. The van der Waals surface area contributed by atoms with Crippen LogP contribution in [0.25, 0.3) is 97.9 Å². The van der Waals surface area contributed by atoms with Gasteiger partial charge in [-0.3, -0.25) is 0 Å². The normalized spacial score (nSPS) is 11.8. The van der Waals surface area contributed by atoms with Gasteiger partial charge in [0.1, 0.15) is 11.2 Å². The molecule has 0 bridgehead atoms. The van der Waals surface area contributed by atoms with Gasteiger partial charge < -0.3 is 4.42 Å². The molecule has 10 rings (SSSR count). The van der Waals surface area contributed by atoms with E-state index in [4.69, 9.17) is 14.4 Å². The molecule has 0 saturated heterocycles. The second kappa shape index (κ2) is 10.7. The van der Waals surface area contributed by atoms with E-state index in [-0.39, 0.29) is 0 Å². The van der Waals surface area contributed by atoms with Crippen LogP contribution in [0.15, 0.2) is 162 Å². The lowest BCUT2D eigenvalue weighted by molar-refractivity contribution is 0.669. The molecular formula is C44H26N2OS. The summed E-state index contributed by atoms with van der Waals surface area (Å²) in [7, 11) is 0. The van der Waals surface area contributed by atoms with Gasteiger partial charge in [-0.1, -0.05) is 121 Å². The van der Waals surface area contributed by atoms with Crippen molar-refractivity contribution in [3.63, 3.8) is 0 Å². The van der Waals surface area contributed by atoms with E-state index in [1.807, 2.05) is 18.2 Å². The Morgan fingerprint density at radius 1 is 0.458 bits per heavy atom. The predicted octanol–water partition coefficient (Wildman–Crippen LogP) is 12.6. The van der Waals surface area contributed by atoms with Gasteiger partial charge in [0.05, 0.1) is 15.9 Å². The summed E-state index contributed by atoms with van der Waals surface area (Å²) in [6.07, 6.45) is 0. The highest BCUT2D eigenvalue weighted by Crippen LogP contribution is 2.42. The van der Waals surface area contributed by atoms with Crippen molar-refractivity contribution in [3.8, 4) is 44.9 Å². The number of fused-ring (bicyclic) bond motifs is 7. The smallest absolute Gasteiger partial charge is 0.161 e. The molecule has 10 aromatic rings. The molecule has 0 spiro atoms. The van der Waals surface area contributed by atoms with Gasteiger partial charge in [-0.05, 0) is 69.4 Å². The van der Waals surface area contributed by atoms with Crippen LogP contribution in [0, 0.1) is 0 Å². The molecule has 0 unspecified atom stereocenters. The van der Waals surface area contributed by atoms with E-state index in [1.54, 1.807) is 11.3 Å². The van der Waals surface area contributed by atoms with Gasteiger partial charge >= 0.3 is 0 Å². The molecular weight excluding hydrogens is 605 g/mol. The molecule has 3 aromatic heterocycles. The minimum Gasteiger partial charge on any atom is -0.456 e. The lowest BCUT2D eigenvalue weighted by Crippen LogP contribution is -1.94. The number of nitrogens with zero attached hydrogens (tertiary/aromatic N) is 2. The van der Waals surface area contributed by atoms with Crippen LogP contribution in [0.4, 0.5) is 0 Å². The summed E-state index contributed by atoms with van der Waals surface area (Å²) in [5, 5.41) is 5.63. The van der Waals surface area contributed by atoms with E-state index in [1.165, 1.54) is 26.6 Å². The Hall–Kier alpha value is -6.10. The van der Waals surface area contributed by atoms with E-state index >= 15 is 0 Å². The zero-order chi connectivity index (χ0) is 31.6. The molecule has 0 fully saturated rings. The molecule has 0 N–H and O–H groups in total. The average molecular weight is 631 g/mol. The van der Waals surface area contributed by atoms with Crippen molar-refractivity contribution in [2.75, 3.05) is 0 Å². The van der Waals surface area contributed by atoms with Gasteiger partial charge in [0.15, 0.2) is 5.82 Å². The highest BCUT2D eigenvalue weighted by Gasteiger charge is 2.20. The van der Waals surface area contributed by atoms with Gasteiger partial charge in [-0.15, -0.1) is 11.3 Å². The second-order valence-electron chi connectivity index (χ2n) is 12.2. The number of rotatable bonds is 4. The molecule has 0 aliphatic rings. The van der Waals surface area contributed by atoms with E-state index in [0.29, 0.717) is 5.82 Å². The summed E-state index contributed by atoms with van der Waals surface area (Å²) in [6.45, 7) is 0. The Kier molecular flexibility index (Phi) is 6.05. The van der Waals surface area contributed by atoms with E-state index in [0.717, 1.165) is 65.5 Å². The molecule has 3 heterocycles. The van der Waals surface area contributed by atoms with E-state index in [2.05, 4.69) is 140 Å². The van der Waals surface area contributed by atoms with Crippen molar-refractivity contribution in [2.45, 2.75) is 0 Å². The predicted molar refractivity (Wildman–Crippen MR) is 201 cm³/mol. The van der Waals surface area contributed by atoms with Crippen LogP contribution in [-0.4, -0.2) is 9.97 Å². The molecule has 0 atom stereocenters. The number of aromatic nitrogens is 2. The van der Waals surface area contributed by atoms with Crippen LogP contribution in [0.2, 0.25) is 0 Å². The average Bonchev–Trinajstić information content (AvgIpc) is 3.73. The number of benzene rings is 7. The number of thiophene rings is 1. The molecule has 0 radical (unpaired) electrons. The molecule has 7 aromatic carbocycles. The molecule has 4 heteroatoms. The van der Waals surface area contributed by atoms with Gasteiger partial charge in [-0.25, -0.2) is 9.97 Å². The van der Waals surface area contributed by atoms with Gasteiger partial charge in [-0.2, -0.15) is 0 Å². The fourth-order valence-electron chi connectivity index (χ4n) is 6.94. The highest BCUT2D eigenvalue weighted by atomic mass is 32.1. The Labute approximate surface area is 280 Å². The molecule has 0 saturated carbocycles. The molecule has 0 aliphatic carbocycles. The standard InChI is InChI=1S/C44H26N2OS/c1-2-10-27(11-3-1)30-14-8-15-31(24-30)32-22-23-34-38(26-32)47-37-18-9-17-36(40(34)37)44-45-41(33-21-20-28-12-4-5-13-29(28)25-33)43-42(46-44)35-16-6-7-19-39(35)48-43/h1-26H. The third-order valence-electron chi connectivity index (χ3n) is 9.28. The summed E-state index contributed by atoms with van der Waals surface area (Å²) in [6, 6.07) is 55.5. The summed E-state index contributed by atoms with van der Waals surface area (Å²) in [5.41, 5.74) is 10.3. The third kappa shape index (κ3) is 4.34. The van der Waals surface area contributed by atoms with E-state index in [9.17, 15) is 0 Å². The molecule has 48 heavy (non-hydrogen) atoms. The summed E-state index contributed by atoms with van der Waals surface area (Å²) >= 11 is 1.76. The Balaban J connectivity index is 1.17. The fourth-order valence-corrected chi connectivity index (χ4v) is 8.10. The quantitative estimate of drug-likeness (QED) is 0.194. The zero-order valence-electron chi connectivity index (χ0n) is 25.7. The monoisotopic (exact) mass is 630 g/mol. The highest BCUT2D eigenvalue weighted by molar-refractivity contribution is 7.26.